The standard InChI is InChI=1S/C12H23N3O3/c1-12(2,3)18-11(17)14-9-5-4-6-15(8-9)10(16)7-13/h9H,4-8,13H2,1-3H3,(H,14,17)/t9-/m0/s1. The molecule has 0 unspecified atom stereocenters. The first-order valence-electron chi connectivity index (χ1n) is 6.29. The lowest BCUT2D eigenvalue weighted by atomic mass is 10.1. The fourth-order valence-electron chi connectivity index (χ4n) is 1.92. The Morgan fingerprint density at radius 1 is 1.44 bits per heavy atom. The van der Waals surface area contributed by atoms with Crippen molar-refractivity contribution in [3.8, 4) is 0 Å². The van der Waals surface area contributed by atoms with Gasteiger partial charge < -0.3 is 20.7 Å². The van der Waals surface area contributed by atoms with E-state index in [1.54, 1.807) is 4.90 Å². The Hall–Kier alpha value is -1.30. The fourth-order valence-corrected chi connectivity index (χ4v) is 1.92. The van der Waals surface area contributed by atoms with Gasteiger partial charge in [0.05, 0.1) is 6.54 Å². The van der Waals surface area contributed by atoms with Crippen LogP contribution in [-0.2, 0) is 9.53 Å². The summed E-state index contributed by atoms with van der Waals surface area (Å²) in [5.74, 6) is -0.0781. The monoisotopic (exact) mass is 257 g/mol. The number of rotatable bonds is 2. The molecule has 0 bridgehead atoms. The number of alkyl carbamates (subject to hydrolysis) is 1. The van der Waals surface area contributed by atoms with Crippen LogP contribution in [0.5, 0.6) is 0 Å². The van der Waals surface area contributed by atoms with Gasteiger partial charge in [0.1, 0.15) is 5.60 Å². The Bertz CT molecular complexity index is 312. The van der Waals surface area contributed by atoms with Gasteiger partial charge in [0.15, 0.2) is 0 Å². The van der Waals surface area contributed by atoms with Gasteiger partial charge in [0.25, 0.3) is 0 Å². The minimum absolute atomic E-state index is 0.0131. The lowest BCUT2D eigenvalue weighted by molar-refractivity contribution is -0.131. The van der Waals surface area contributed by atoms with E-state index >= 15 is 0 Å². The van der Waals surface area contributed by atoms with Crippen LogP contribution in [0.3, 0.4) is 0 Å². The van der Waals surface area contributed by atoms with Gasteiger partial charge in [-0.1, -0.05) is 0 Å². The van der Waals surface area contributed by atoms with Crippen LogP contribution in [0.25, 0.3) is 0 Å². The van der Waals surface area contributed by atoms with Crippen molar-refractivity contribution in [2.24, 2.45) is 5.73 Å². The quantitative estimate of drug-likeness (QED) is 0.752. The molecule has 3 N–H and O–H groups in total. The summed E-state index contributed by atoms with van der Waals surface area (Å²) >= 11 is 0. The van der Waals surface area contributed by atoms with Crippen LogP contribution in [-0.4, -0.2) is 48.2 Å². The molecule has 6 heteroatoms. The van der Waals surface area contributed by atoms with E-state index in [-0.39, 0.29) is 18.5 Å². The molecule has 0 aromatic carbocycles. The van der Waals surface area contributed by atoms with Crippen molar-refractivity contribution in [3.05, 3.63) is 0 Å². The zero-order chi connectivity index (χ0) is 13.8. The Labute approximate surface area is 108 Å². The van der Waals surface area contributed by atoms with E-state index in [0.717, 1.165) is 12.8 Å². The largest absolute Gasteiger partial charge is 0.444 e. The SMILES string of the molecule is CC(C)(C)OC(=O)N[C@H]1CCCN(C(=O)CN)C1. The van der Waals surface area contributed by atoms with Gasteiger partial charge in [-0.05, 0) is 33.6 Å². The first-order valence-corrected chi connectivity index (χ1v) is 6.29. The van der Waals surface area contributed by atoms with Crippen LogP contribution in [0.15, 0.2) is 0 Å². The summed E-state index contributed by atoms with van der Waals surface area (Å²) < 4.78 is 5.18. The molecular weight excluding hydrogens is 234 g/mol. The second-order valence-corrected chi connectivity index (χ2v) is 5.53. The van der Waals surface area contributed by atoms with Crippen LogP contribution in [0, 0.1) is 0 Å². The minimum atomic E-state index is -0.508. The summed E-state index contributed by atoms with van der Waals surface area (Å²) in [7, 11) is 0. The van der Waals surface area contributed by atoms with E-state index < -0.39 is 11.7 Å². The molecule has 1 fully saturated rings. The minimum Gasteiger partial charge on any atom is -0.444 e. The molecule has 6 nitrogen and oxygen atoms in total. The molecule has 2 amide bonds. The molecule has 1 atom stereocenters. The van der Waals surface area contributed by atoms with Gasteiger partial charge in [-0.15, -0.1) is 0 Å². The first-order chi connectivity index (χ1) is 8.31. The zero-order valence-electron chi connectivity index (χ0n) is 11.4. The molecule has 1 heterocycles. The molecule has 1 aliphatic rings. The van der Waals surface area contributed by atoms with Gasteiger partial charge in [-0.3, -0.25) is 4.79 Å². The van der Waals surface area contributed by atoms with Gasteiger partial charge >= 0.3 is 6.09 Å². The lowest BCUT2D eigenvalue weighted by Crippen LogP contribution is -2.51. The molecule has 0 radical (unpaired) electrons. The van der Waals surface area contributed by atoms with Crippen molar-refractivity contribution in [1.82, 2.24) is 10.2 Å². The topological polar surface area (TPSA) is 84.7 Å². The predicted molar refractivity (Wildman–Crippen MR) is 68.0 cm³/mol. The highest BCUT2D eigenvalue weighted by Gasteiger charge is 2.25. The van der Waals surface area contributed by atoms with Crippen molar-refractivity contribution in [3.63, 3.8) is 0 Å². The highest BCUT2D eigenvalue weighted by atomic mass is 16.6. The summed E-state index contributed by atoms with van der Waals surface area (Å²) in [5, 5.41) is 2.79. The average molecular weight is 257 g/mol. The number of hydrogen-bond donors (Lipinski definition) is 2. The average Bonchev–Trinajstić information content (AvgIpc) is 2.25. The Balaban J connectivity index is 2.43. The molecule has 1 rings (SSSR count). The molecule has 0 spiro atoms. The van der Waals surface area contributed by atoms with E-state index in [1.807, 2.05) is 20.8 Å². The number of likely N-dealkylation sites (tertiary alicyclic amines) is 1. The molecule has 1 saturated heterocycles. The van der Waals surface area contributed by atoms with Crippen LogP contribution in [0.2, 0.25) is 0 Å². The van der Waals surface area contributed by atoms with Crippen LogP contribution in [0.4, 0.5) is 4.79 Å². The van der Waals surface area contributed by atoms with Gasteiger partial charge in [-0.2, -0.15) is 0 Å². The molecule has 104 valence electrons. The maximum absolute atomic E-state index is 11.6. The number of hydrogen-bond acceptors (Lipinski definition) is 4. The molecule has 0 aliphatic carbocycles. The van der Waals surface area contributed by atoms with Crippen molar-refractivity contribution < 1.29 is 14.3 Å². The van der Waals surface area contributed by atoms with Crippen molar-refractivity contribution in [1.29, 1.82) is 0 Å². The van der Waals surface area contributed by atoms with E-state index in [9.17, 15) is 9.59 Å². The smallest absolute Gasteiger partial charge is 0.407 e. The molecule has 0 saturated carbocycles. The number of nitrogens with two attached hydrogens (primary N) is 1. The Morgan fingerprint density at radius 2 is 2.11 bits per heavy atom. The molecule has 18 heavy (non-hydrogen) atoms. The predicted octanol–water partition coefficient (Wildman–Crippen LogP) is 0.461. The third kappa shape index (κ3) is 4.91. The Morgan fingerprint density at radius 3 is 2.67 bits per heavy atom. The summed E-state index contributed by atoms with van der Waals surface area (Å²) in [6, 6.07) is -0.0518. The van der Waals surface area contributed by atoms with Crippen molar-refractivity contribution in [2.75, 3.05) is 19.6 Å². The number of nitrogens with one attached hydrogen (secondary N) is 1. The summed E-state index contributed by atoms with van der Waals surface area (Å²) in [4.78, 5) is 24.8. The van der Waals surface area contributed by atoms with Crippen LogP contribution >= 0.6 is 0 Å². The maximum Gasteiger partial charge on any atom is 0.407 e. The van der Waals surface area contributed by atoms with E-state index in [0.29, 0.717) is 13.1 Å². The van der Waals surface area contributed by atoms with Crippen molar-refractivity contribution >= 4 is 12.0 Å². The number of ether oxygens (including phenoxy) is 1. The fraction of sp³-hybridized carbons (Fsp3) is 0.833. The number of piperidine rings is 1. The number of carbonyl (C=O) groups is 2. The Kier molecular flexibility index (Phi) is 4.95. The normalized spacial score (nSPS) is 20.4. The van der Waals surface area contributed by atoms with E-state index in [1.165, 1.54) is 0 Å². The second kappa shape index (κ2) is 6.04. The zero-order valence-corrected chi connectivity index (χ0v) is 11.4. The number of carbonyl (C=O) groups excluding carboxylic acids is 2. The molecule has 1 aliphatic heterocycles. The summed E-state index contributed by atoms with van der Waals surface area (Å²) in [6.07, 6.45) is 1.29. The third-order valence-electron chi connectivity index (χ3n) is 2.67. The van der Waals surface area contributed by atoms with Crippen LogP contribution < -0.4 is 11.1 Å². The molecule has 0 aromatic rings. The third-order valence-corrected chi connectivity index (χ3v) is 2.67. The van der Waals surface area contributed by atoms with Gasteiger partial charge in [0.2, 0.25) is 5.91 Å². The summed E-state index contributed by atoms with van der Waals surface area (Å²) in [6.45, 7) is 6.68. The molecule has 0 aromatic heterocycles. The van der Waals surface area contributed by atoms with E-state index in [4.69, 9.17) is 10.5 Å². The second-order valence-electron chi connectivity index (χ2n) is 5.53. The van der Waals surface area contributed by atoms with Crippen molar-refractivity contribution in [2.45, 2.75) is 45.3 Å². The van der Waals surface area contributed by atoms with Crippen LogP contribution in [0.1, 0.15) is 33.6 Å². The summed E-state index contributed by atoms with van der Waals surface area (Å²) in [5.41, 5.74) is 4.82. The highest BCUT2D eigenvalue weighted by molar-refractivity contribution is 5.78. The molecular formula is C12H23N3O3. The van der Waals surface area contributed by atoms with Gasteiger partial charge in [-0.25, -0.2) is 4.79 Å². The first kappa shape index (κ1) is 14.8. The lowest BCUT2D eigenvalue weighted by Gasteiger charge is -2.33. The highest BCUT2D eigenvalue weighted by Crippen LogP contribution is 2.12. The van der Waals surface area contributed by atoms with Gasteiger partial charge in [0, 0.05) is 19.1 Å². The number of amides is 2. The maximum atomic E-state index is 11.6. The number of nitrogens with zero attached hydrogens (tertiary/aromatic N) is 1. The van der Waals surface area contributed by atoms with E-state index in [2.05, 4.69) is 5.32 Å².